The van der Waals surface area contributed by atoms with Gasteiger partial charge in [-0.05, 0) is 109 Å². The number of esters is 2. The molecule has 4 saturated carbocycles. The smallest absolute Gasteiger partial charge is 0.335 e. The molecule has 8 aliphatic rings. The Kier molecular flexibility index (Phi) is 14.0. The Morgan fingerprint density at radius 2 is 1.38 bits per heavy atom. The number of aliphatic carboxylic acids is 1. The summed E-state index contributed by atoms with van der Waals surface area (Å²) in [6.45, 7) is 15.9. The number of ether oxygens (including phenoxy) is 7. The molecular weight excluding hydrogens is 893 g/mol. The summed E-state index contributed by atoms with van der Waals surface area (Å²) in [6.07, 6.45) is -13.9. The van der Waals surface area contributed by atoms with Crippen molar-refractivity contribution >= 4 is 17.9 Å². The molecule has 19 heteroatoms. The summed E-state index contributed by atoms with van der Waals surface area (Å²) in [5.41, 5.74) is -0.956. The standard InChI is InChI=1S/C49H76O19/c1-22(51)63-37-35(58)36(66-40-33(56)30(53)25(52)21-62-40)38(39(59)60)67-42(37)65-29-12-13-46(6)27(45(29,4)5)11-14-48(8)28(46)10-9-23-24-19-44(2,3)15-17-49(24,18-16-47(23,48)7)43(61)68-41-34(57)32(55)31(54)26(20-50)64-41/h9,24-38,40-42,50,52-58H,10-21H2,1-8H3,(H,59,60)/t24-,25+,26+,27-,28+,29-,30-,31+,32-,33+,34+,35-,36-,37+,38-,40-,41-,42+,46-,47+,48+,49-/m0/s1. The van der Waals surface area contributed by atoms with Gasteiger partial charge in [0.1, 0.15) is 54.9 Å². The third kappa shape index (κ3) is 8.28. The second-order valence-corrected chi connectivity index (χ2v) is 23.6. The normalized spacial score (nSPS) is 50.8. The zero-order valence-electron chi connectivity index (χ0n) is 40.6. The van der Waals surface area contributed by atoms with Gasteiger partial charge in [-0.3, -0.25) is 9.59 Å². The number of aliphatic hydroxyl groups excluding tert-OH is 8. The molecule has 8 rings (SSSR count). The van der Waals surface area contributed by atoms with Crippen molar-refractivity contribution in [1.82, 2.24) is 0 Å². The van der Waals surface area contributed by atoms with Gasteiger partial charge < -0.3 is 79.1 Å². The highest BCUT2D eigenvalue weighted by atomic mass is 16.8. The number of allylic oxidation sites excluding steroid dienone is 2. The van der Waals surface area contributed by atoms with Crippen molar-refractivity contribution < 1.29 is 93.5 Å². The minimum Gasteiger partial charge on any atom is -0.479 e. The summed E-state index contributed by atoms with van der Waals surface area (Å²) in [6, 6.07) is 0. The Bertz CT molecular complexity index is 1940. The Hall–Kier alpha value is -2.37. The predicted molar refractivity (Wildman–Crippen MR) is 234 cm³/mol. The van der Waals surface area contributed by atoms with E-state index in [0.29, 0.717) is 25.7 Å². The van der Waals surface area contributed by atoms with Crippen molar-refractivity contribution in [2.24, 2.45) is 50.2 Å². The van der Waals surface area contributed by atoms with Crippen LogP contribution in [0, 0.1) is 50.2 Å². The van der Waals surface area contributed by atoms with Crippen LogP contribution in [0.2, 0.25) is 0 Å². The van der Waals surface area contributed by atoms with E-state index in [2.05, 4.69) is 54.5 Å². The molecule has 5 aliphatic carbocycles. The van der Waals surface area contributed by atoms with E-state index in [1.165, 1.54) is 5.57 Å². The second-order valence-electron chi connectivity index (χ2n) is 23.6. The Morgan fingerprint density at radius 3 is 2.04 bits per heavy atom. The molecule has 0 bridgehead atoms. The van der Waals surface area contributed by atoms with Gasteiger partial charge in [-0.2, -0.15) is 0 Å². The highest BCUT2D eigenvalue weighted by molar-refractivity contribution is 5.79. The largest absolute Gasteiger partial charge is 0.479 e. The van der Waals surface area contributed by atoms with Crippen LogP contribution in [0.15, 0.2) is 11.6 Å². The number of rotatable bonds is 9. The average Bonchev–Trinajstić information content (AvgIpc) is 3.26. The van der Waals surface area contributed by atoms with Crippen LogP contribution in [0.5, 0.6) is 0 Å². The molecule has 0 radical (unpaired) electrons. The maximum absolute atomic E-state index is 14.7. The minimum absolute atomic E-state index is 0.0776. The van der Waals surface area contributed by atoms with E-state index in [1.54, 1.807) is 0 Å². The first-order chi connectivity index (χ1) is 31.7. The summed E-state index contributed by atoms with van der Waals surface area (Å²) in [4.78, 5) is 39.9. The van der Waals surface area contributed by atoms with Crippen LogP contribution < -0.4 is 0 Å². The lowest BCUT2D eigenvalue weighted by molar-refractivity contribution is -0.355. The lowest BCUT2D eigenvalue weighted by Crippen LogP contribution is -2.67. The van der Waals surface area contributed by atoms with Crippen LogP contribution in [0.4, 0.5) is 0 Å². The summed E-state index contributed by atoms with van der Waals surface area (Å²) in [7, 11) is 0. The fraction of sp³-hybridized carbons (Fsp3) is 0.898. The van der Waals surface area contributed by atoms with E-state index in [9.17, 15) is 60.3 Å². The van der Waals surface area contributed by atoms with Crippen LogP contribution >= 0.6 is 0 Å². The number of carbonyl (C=O) groups is 3. The molecule has 0 spiro atoms. The molecule has 0 unspecified atom stereocenters. The summed E-state index contributed by atoms with van der Waals surface area (Å²) in [5.74, 6) is -2.67. The summed E-state index contributed by atoms with van der Waals surface area (Å²) in [5, 5.41) is 94.3. The van der Waals surface area contributed by atoms with Gasteiger partial charge in [-0.15, -0.1) is 0 Å². The molecule has 3 heterocycles. The van der Waals surface area contributed by atoms with Crippen molar-refractivity contribution in [3.8, 4) is 0 Å². The van der Waals surface area contributed by atoms with Crippen molar-refractivity contribution in [3.05, 3.63) is 11.6 Å². The van der Waals surface area contributed by atoms with E-state index in [-0.39, 0.29) is 39.4 Å². The monoisotopic (exact) mass is 968 g/mol. The van der Waals surface area contributed by atoms with Gasteiger partial charge >= 0.3 is 17.9 Å². The van der Waals surface area contributed by atoms with Gasteiger partial charge in [0.25, 0.3) is 0 Å². The van der Waals surface area contributed by atoms with E-state index < -0.39 is 134 Å². The quantitative estimate of drug-likeness (QED) is 0.0897. The molecule has 19 nitrogen and oxygen atoms in total. The molecule has 0 aromatic rings. The van der Waals surface area contributed by atoms with Gasteiger partial charge in [-0.25, -0.2) is 4.79 Å². The van der Waals surface area contributed by atoms with Crippen LogP contribution in [0.3, 0.4) is 0 Å². The van der Waals surface area contributed by atoms with Crippen molar-refractivity contribution in [1.29, 1.82) is 0 Å². The number of aliphatic hydroxyl groups is 8. The first-order valence-electron chi connectivity index (χ1n) is 24.6. The van der Waals surface area contributed by atoms with Crippen molar-refractivity contribution in [2.45, 2.75) is 212 Å². The molecule has 0 amide bonds. The topological polar surface area (TPSA) is 298 Å². The molecule has 3 aliphatic heterocycles. The Labute approximate surface area is 397 Å². The van der Waals surface area contributed by atoms with Gasteiger partial charge in [0.2, 0.25) is 6.29 Å². The van der Waals surface area contributed by atoms with Crippen LogP contribution in [-0.4, -0.2) is 169 Å². The second kappa shape index (κ2) is 18.3. The molecule has 0 aromatic carbocycles. The molecule has 386 valence electrons. The Balaban J connectivity index is 1.03. The first kappa shape index (κ1) is 52.0. The van der Waals surface area contributed by atoms with E-state index in [0.717, 1.165) is 45.4 Å². The van der Waals surface area contributed by atoms with Crippen LogP contribution in [0.1, 0.15) is 120 Å². The highest BCUT2D eigenvalue weighted by Gasteiger charge is 2.70. The molecule has 68 heavy (non-hydrogen) atoms. The van der Waals surface area contributed by atoms with Gasteiger partial charge in [0.15, 0.2) is 24.8 Å². The predicted octanol–water partition coefficient (Wildman–Crippen LogP) is 1.44. The molecule has 22 atom stereocenters. The third-order valence-electron chi connectivity index (χ3n) is 19.2. The SMILES string of the molecule is CC(=O)O[C@H]1[C@H](O[C@H]2CC[C@]3(C)[C@H]4CC=C5[C@@H]6CC(C)(C)CC[C@]6(C(=O)O[C@@H]6O[C@H](CO)[C@@H](O)[C@H](O)[C@H]6O)CC[C@@]5(C)[C@]4(C)CC[C@H]3C2(C)C)O[C@H](C(=O)O)[C@@H](O[C@@H]2OC[C@@H](O)[C@H](O)[C@H]2O)[C@@H]1O. The maximum Gasteiger partial charge on any atom is 0.335 e. The zero-order chi connectivity index (χ0) is 49.8. The fourth-order valence-electron chi connectivity index (χ4n) is 15.0. The first-order valence-corrected chi connectivity index (χ1v) is 24.6. The lowest BCUT2D eigenvalue weighted by Gasteiger charge is -2.71. The van der Waals surface area contributed by atoms with E-state index in [1.807, 2.05) is 0 Å². The number of carboxylic acid groups (broad SMARTS) is 1. The number of carboxylic acids is 1. The van der Waals surface area contributed by atoms with Crippen molar-refractivity contribution in [2.75, 3.05) is 13.2 Å². The number of hydrogen-bond donors (Lipinski definition) is 9. The van der Waals surface area contributed by atoms with Crippen molar-refractivity contribution in [3.63, 3.8) is 0 Å². The number of carbonyl (C=O) groups excluding carboxylic acids is 2. The molecule has 7 fully saturated rings. The van der Waals surface area contributed by atoms with E-state index in [4.69, 9.17) is 33.2 Å². The zero-order valence-corrected chi connectivity index (χ0v) is 40.6. The van der Waals surface area contributed by atoms with Gasteiger partial charge in [0.05, 0.1) is 24.7 Å². The fourth-order valence-corrected chi connectivity index (χ4v) is 15.0. The third-order valence-corrected chi connectivity index (χ3v) is 19.2. The van der Waals surface area contributed by atoms with Gasteiger partial charge in [0, 0.05) is 6.92 Å². The summed E-state index contributed by atoms with van der Waals surface area (Å²) < 4.78 is 41.0. The molecular formula is C49H76O19. The highest BCUT2D eigenvalue weighted by Crippen LogP contribution is 2.76. The molecule has 0 aromatic heterocycles. The van der Waals surface area contributed by atoms with Gasteiger partial charge in [-0.1, -0.05) is 60.1 Å². The number of fused-ring (bicyclic) bond motifs is 7. The average molecular weight is 969 g/mol. The van der Waals surface area contributed by atoms with Crippen LogP contribution in [-0.2, 0) is 47.5 Å². The molecule has 3 saturated heterocycles. The summed E-state index contributed by atoms with van der Waals surface area (Å²) >= 11 is 0. The minimum atomic E-state index is -1.88. The lowest BCUT2D eigenvalue weighted by atomic mass is 9.33. The Morgan fingerprint density at radius 1 is 0.706 bits per heavy atom. The van der Waals surface area contributed by atoms with Crippen LogP contribution in [0.25, 0.3) is 0 Å². The van der Waals surface area contributed by atoms with E-state index >= 15 is 0 Å². The maximum atomic E-state index is 14.7. The number of hydrogen-bond acceptors (Lipinski definition) is 18. The molecule has 9 N–H and O–H groups in total.